The van der Waals surface area contributed by atoms with Crippen molar-refractivity contribution in [2.75, 3.05) is 13.1 Å². The number of nitrogens with zero attached hydrogens (tertiary/aromatic N) is 1. The van der Waals surface area contributed by atoms with Crippen LogP contribution in [0.5, 0.6) is 0 Å². The van der Waals surface area contributed by atoms with Crippen molar-refractivity contribution in [1.82, 2.24) is 4.90 Å². The second kappa shape index (κ2) is 7.18. The molecule has 0 radical (unpaired) electrons. The van der Waals surface area contributed by atoms with Crippen molar-refractivity contribution in [1.29, 1.82) is 0 Å². The normalized spacial score (nSPS) is 11.8. The fourth-order valence-electron chi connectivity index (χ4n) is 1.83. The quantitative estimate of drug-likeness (QED) is 0.733. The molecule has 0 atom stereocenters. The van der Waals surface area contributed by atoms with E-state index in [0.29, 0.717) is 13.1 Å². The minimum atomic E-state index is -4.00. The topological polar surface area (TPSA) is 54.5 Å². The summed E-state index contributed by atoms with van der Waals surface area (Å²) >= 11 is 11.9. The Bertz CT molecular complexity index is 644. The third-order valence-corrected chi connectivity index (χ3v) is 4.90. The lowest BCUT2D eigenvalue weighted by Gasteiger charge is -2.23. The zero-order valence-electron chi connectivity index (χ0n) is 11.9. The highest BCUT2D eigenvalue weighted by Gasteiger charge is 2.23. The molecule has 0 fully saturated rings. The largest absolute Gasteiger partial charge is 0.339 e. The average molecular weight is 373 g/mol. The maximum atomic E-state index is 12.5. The Labute approximate surface area is 139 Å². The van der Waals surface area contributed by atoms with Crippen molar-refractivity contribution in [3.8, 4) is 0 Å². The van der Waals surface area contributed by atoms with E-state index in [-0.39, 0.29) is 32.3 Å². The van der Waals surface area contributed by atoms with Gasteiger partial charge in [0, 0.05) is 23.8 Å². The highest BCUT2D eigenvalue weighted by Crippen LogP contribution is 2.31. The van der Waals surface area contributed by atoms with Gasteiger partial charge in [-0.25, -0.2) is 8.42 Å². The molecule has 0 aromatic heterocycles. The maximum absolute atomic E-state index is 12.5. The summed E-state index contributed by atoms with van der Waals surface area (Å²) in [6, 6.07) is 2.28. The van der Waals surface area contributed by atoms with Crippen molar-refractivity contribution in [3.05, 3.63) is 27.7 Å². The first-order valence-corrected chi connectivity index (χ1v) is 9.37. The highest BCUT2D eigenvalue weighted by atomic mass is 35.7. The Balaban J connectivity index is 3.35. The zero-order valence-corrected chi connectivity index (χ0v) is 14.9. The molecule has 1 amide bonds. The fourth-order valence-corrected chi connectivity index (χ4v) is 3.09. The summed E-state index contributed by atoms with van der Waals surface area (Å²) in [5.41, 5.74) is 0.0332. The lowest BCUT2D eigenvalue weighted by Crippen LogP contribution is -2.34. The molecule has 4 nitrogen and oxygen atoms in total. The lowest BCUT2D eigenvalue weighted by atomic mass is 10.1. The first-order valence-electron chi connectivity index (χ1n) is 6.30. The van der Waals surface area contributed by atoms with E-state index in [2.05, 4.69) is 0 Å². The first kappa shape index (κ1) is 18.6. The monoisotopic (exact) mass is 371 g/mol. The zero-order chi connectivity index (χ0) is 16.4. The molecule has 1 rings (SSSR count). The van der Waals surface area contributed by atoms with E-state index < -0.39 is 9.05 Å². The number of carbonyl (C=O) groups is 1. The van der Waals surface area contributed by atoms with E-state index in [1.54, 1.807) is 4.90 Å². The minimum Gasteiger partial charge on any atom is -0.339 e. The molecule has 0 bridgehead atoms. The third-order valence-electron chi connectivity index (χ3n) is 2.77. The van der Waals surface area contributed by atoms with Crippen LogP contribution in [0.3, 0.4) is 0 Å². The van der Waals surface area contributed by atoms with Crippen LogP contribution in [0.25, 0.3) is 0 Å². The average Bonchev–Trinajstić information content (AvgIpc) is 2.36. The summed E-state index contributed by atoms with van der Waals surface area (Å²) in [6.07, 6.45) is 0. The van der Waals surface area contributed by atoms with Gasteiger partial charge in [0.15, 0.2) is 0 Å². The van der Waals surface area contributed by atoms with Crippen LogP contribution in [0, 0.1) is 5.92 Å². The van der Waals surface area contributed by atoms with Gasteiger partial charge in [-0.3, -0.25) is 4.79 Å². The smallest absolute Gasteiger partial charge is 0.261 e. The van der Waals surface area contributed by atoms with Crippen molar-refractivity contribution in [2.45, 2.75) is 25.7 Å². The molecule has 0 heterocycles. The predicted octanol–water partition coefficient (Wildman–Crippen LogP) is 4.04. The third kappa shape index (κ3) is 4.74. The standard InChI is InChI=1S/C13H16Cl3NO3S/c1-4-17(7-8(2)3)13(18)10-5-9(21(16,19)20)6-11(14)12(10)15/h5-6,8H,4,7H2,1-3H3. The molecule has 0 aliphatic rings. The van der Waals surface area contributed by atoms with E-state index in [4.69, 9.17) is 33.9 Å². The summed E-state index contributed by atoms with van der Waals surface area (Å²) < 4.78 is 22.9. The van der Waals surface area contributed by atoms with E-state index in [0.717, 1.165) is 12.1 Å². The molecule has 118 valence electrons. The van der Waals surface area contributed by atoms with Crippen LogP contribution in [-0.2, 0) is 9.05 Å². The van der Waals surface area contributed by atoms with E-state index in [9.17, 15) is 13.2 Å². The van der Waals surface area contributed by atoms with Gasteiger partial charge in [-0.15, -0.1) is 0 Å². The number of halogens is 3. The fraction of sp³-hybridized carbons (Fsp3) is 0.462. The molecule has 0 saturated carbocycles. The summed E-state index contributed by atoms with van der Waals surface area (Å²) in [4.78, 5) is 13.8. The highest BCUT2D eigenvalue weighted by molar-refractivity contribution is 8.13. The number of benzene rings is 1. The molecule has 1 aromatic rings. The molecule has 21 heavy (non-hydrogen) atoms. The van der Waals surface area contributed by atoms with Crippen LogP contribution in [-0.4, -0.2) is 32.3 Å². The first-order chi connectivity index (χ1) is 9.57. The van der Waals surface area contributed by atoms with Gasteiger partial charge in [-0.2, -0.15) is 0 Å². The Hall–Kier alpha value is -0.490. The molecule has 0 aliphatic heterocycles. The van der Waals surface area contributed by atoms with E-state index >= 15 is 0 Å². The Kier molecular flexibility index (Phi) is 6.35. The second-order valence-electron chi connectivity index (χ2n) is 4.94. The molecule has 0 saturated heterocycles. The Morgan fingerprint density at radius 2 is 1.86 bits per heavy atom. The summed E-state index contributed by atoms with van der Waals surface area (Å²) in [6.45, 7) is 6.79. The van der Waals surface area contributed by atoms with Gasteiger partial charge < -0.3 is 4.90 Å². The maximum Gasteiger partial charge on any atom is 0.261 e. The number of amides is 1. The van der Waals surface area contributed by atoms with Crippen molar-refractivity contribution in [3.63, 3.8) is 0 Å². The van der Waals surface area contributed by atoms with Gasteiger partial charge in [0.1, 0.15) is 0 Å². The molecular formula is C13H16Cl3NO3S. The van der Waals surface area contributed by atoms with Gasteiger partial charge in [0.2, 0.25) is 0 Å². The van der Waals surface area contributed by atoms with Crippen LogP contribution in [0.4, 0.5) is 0 Å². The van der Waals surface area contributed by atoms with Crippen molar-refractivity contribution < 1.29 is 13.2 Å². The van der Waals surface area contributed by atoms with Gasteiger partial charge in [0.25, 0.3) is 15.0 Å². The number of carbonyl (C=O) groups excluding carboxylic acids is 1. The van der Waals surface area contributed by atoms with Crippen molar-refractivity contribution in [2.24, 2.45) is 5.92 Å². The number of rotatable bonds is 5. The van der Waals surface area contributed by atoms with Gasteiger partial charge >= 0.3 is 0 Å². The van der Waals surface area contributed by atoms with Crippen LogP contribution in [0.15, 0.2) is 17.0 Å². The number of hydrogen-bond acceptors (Lipinski definition) is 3. The predicted molar refractivity (Wildman–Crippen MR) is 85.9 cm³/mol. The van der Waals surface area contributed by atoms with Crippen LogP contribution < -0.4 is 0 Å². The molecule has 8 heteroatoms. The lowest BCUT2D eigenvalue weighted by molar-refractivity contribution is 0.0745. The van der Waals surface area contributed by atoms with Gasteiger partial charge in [-0.1, -0.05) is 37.0 Å². The van der Waals surface area contributed by atoms with Gasteiger partial charge in [0.05, 0.1) is 20.5 Å². The van der Waals surface area contributed by atoms with Crippen molar-refractivity contribution >= 4 is 48.8 Å². The van der Waals surface area contributed by atoms with Crippen LogP contribution in [0.2, 0.25) is 10.0 Å². The van der Waals surface area contributed by atoms with Gasteiger partial charge in [-0.05, 0) is 25.0 Å². The molecule has 0 N–H and O–H groups in total. The SMILES string of the molecule is CCN(CC(C)C)C(=O)c1cc(S(=O)(=O)Cl)cc(Cl)c1Cl. The Morgan fingerprint density at radius 3 is 2.29 bits per heavy atom. The van der Waals surface area contributed by atoms with E-state index in [1.165, 1.54) is 0 Å². The van der Waals surface area contributed by atoms with Crippen LogP contribution in [0.1, 0.15) is 31.1 Å². The summed E-state index contributed by atoms with van der Waals surface area (Å²) in [5.74, 6) is -0.108. The molecule has 0 spiro atoms. The second-order valence-corrected chi connectivity index (χ2v) is 8.29. The Morgan fingerprint density at radius 1 is 1.29 bits per heavy atom. The number of hydrogen-bond donors (Lipinski definition) is 0. The van der Waals surface area contributed by atoms with Crippen LogP contribution >= 0.6 is 33.9 Å². The summed E-state index contributed by atoms with van der Waals surface area (Å²) in [5, 5.41) is -0.00437. The molecule has 1 aromatic carbocycles. The molecular weight excluding hydrogens is 357 g/mol. The molecule has 0 aliphatic carbocycles. The minimum absolute atomic E-state index is 0.0212. The molecule has 0 unspecified atom stereocenters. The summed E-state index contributed by atoms with van der Waals surface area (Å²) in [7, 11) is 1.31. The van der Waals surface area contributed by atoms with E-state index in [1.807, 2.05) is 20.8 Å².